The first-order valence-corrected chi connectivity index (χ1v) is 4.85. The molecule has 0 radical (unpaired) electrons. The van der Waals surface area contributed by atoms with Gasteiger partial charge in [0.05, 0.1) is 6.61 Å². The van der Waals surface area contributed by atoms with Crippen LogP contribution in [-0.4, -0.2) is 13.2 Å². The summed E-state index contributed by atoms with van der Waals surface area (Å²) in [5.74, 6) is 0. The predicted molar refractivity (Wildman–Crippen MR) is 60.0 cm³/mol. The Balaban J connectivity index is 0.000000980. The SMILES string of the molecule is Cl.Clc1ccccc1C1NCCCO1. The highest BCUT2D eigenvalue weighted by Crippen LogP contribution is 2.24. The topological polar surface area (TPSA) is 21.3 Å². The van der Waals surface area contributed by atoms with Crippen molar-refractivity contribution in [2.45, 2.75) is 12.6 Å². The molecule has 1 atom stereocenters. The van der Waals surface area contributed by atoms with Gasteiger partial charge in [0.15, 0.2) is 0 Å². The van der Waals surface area contributed by atoms with E-state index in [0.29, 0.717) is 0 Å². The van der Waals surface area contributed by atoms with E-state index in [-0.39, 0.29) is 18.6 Å². The summed E-state index contributed by atoms with van der Waals surface area (Å²) in [6.45, 7) is 1.80. The van der Waals surface area contributed by atoms with Gasteiger partial charge >= 0.3 is 0 Å². The van der Waals surface area contributed by atoms with Crippen molar-refractivity contribution in [1.29, 1.82) is 0 Å². The molecule has 1 unspecified atom stereocenters. The highest BCUT2D eigenvalue weighted by molar-refractivity contribution is 6.31. The zero-order chi connectivity index (χ0) is 9.10. The number of ether oxygens (including phenoxy) is 1. The largest absolute Gasteiger partial charge is 0.359 e. The molecule has 2 nitrogen and oxygen atoms in total. The number of halogens is 2. The van der Waals surface area contributed by atoms with Crippen LogP contribution < -0.4 is 5.32 Å². The van der Waals surface area contributed by atoms with Crippen LogP contribution in [-0.2, 0) is 4.74 Å². The Bertz CT molecular complexity index is 287. The third-order valence-electron chi connectivity index (χ3n) is 2.12. The summed E-state index contributed by atoms with van der Waals surface area (Å²) in [6, 6.07) is 7.78. The van der Waals surface area contributed by atoms with Gasteiger partial charge in [-0.1, -0.05) is 29.8 Å². The van der Waals surface area contributed by atoms with Crippen molar-refractivity contribution >= 4 is 24.0 Å². The third-order valence-corrected chi connectivity index (χ3v) is 2.47. The molecule has 78 valence electrons. The highest BCUT2D eigenvalue weighted by atomic mass is 35.5. The van der Waals surface area contributed by atoms with E-state index in [1.807, 2.05) is 24.3 Å². The van der Waals surface area contributed by atoms with Gasteiger partial charge in [0.2, 0.25) is 0 Å². The van der Waals surface area contributed by atoms with Crippen LogP contribution in [0.1, 0.15) is 18.2 Å². The van der Waals surface area contributed by atoms with Crippen LogP contribution in [0.3, 0.4) is 0 Å². The van der Waals surface area contributed by atoms with Crippen LogP contribution >= 0.6 is 24.0 Å². The Morgan fingerprint density at radius 2 is 2.14 bits per heavy atom. The predicted octanol–water partition coefficient (Wildman–Crippen LogP) is 2.77. The standard InChI is InChI=1S/C10H12ClNO.ClH/c11-9-5-2-1-4-8(9)10-12-6-3-7-13-10;/h1-2,4-5,10,12H,3,6-7H2;1H. The van der Waals surface area contributed by atoms with Gasteiger partial charge in [-0.3, -0.25) is 5.32 Å². The van der Waals surface area contributed by atoms with E-state index in [1.165, 1.54) is 0 Å². The molecule has 1 aromatic carbocycles. The fourth-order valence-corrected chi connectivity index (χ4v) is 1.69. The molecular formula is C10H13Cl2NO. The first-order chi connectivity index (χ1) is 6.38. The minimum absolute atomic E-state index is 0. The lowest BCUT2D eigenvalue weighted by atomic mass is 10.2. The molecule has 0 bridgehead atoms. The van der Waals surface area contributed by atoms with Crippen molar-refractivity contribution in [3.05, 3.63) is 34.9 Å². The average Bonchev–Trinajstić information content (AvgIpc) is 2.20. The summed E-state index contributed by atoms with van der Waals surface area (Å²) in [6.07, 6.45) is 1.04. The Morgan fingerprint density at radius 1 is 1.36 bits per heavy atom. The second kappa shape index (κ2) is 5.56. The molecule has 2 rings (SSSR count). The summed E-state index contributed by atoms with van der Waals surface area (Å²) in [5, 5.41) is 4.04. The molecule has 4 heteroatoms. The molecule has 1 aliphatic heterocycles. The number of hydrogen-bond donors (Lipinski definition) is 1. The average molecular weight is 234 g/mol. The van der Waals surface area contributed by atoms with E-state index in [4.69, 9.17) is 16.3 Å². The van der Waals surface area contributed by atoms with Crippen LogP contribution in [0.2, 0.25) is 5.02 Å². The van der Waals surface area contributed by atoms with Gasteiger partial charge in [-0.15, -0.1) is 12.4 Å². The van der Waals surface area contributed by atoms with E-state index in [1.54, 1.807) is 0 Å². The van der Waals surface area contributed by atoms with Crippen molar-refractivity contribution in [2.24, 2.45) is 0 Å². The summed E-state index contributed by atoms with van der Waals surface area (Å²) < 4.78 is 5.55. The Morgan fingerprint density at radius 3 is 2.79 bits per heavy atom. The maximum absolute atomic E-state index is 6.04. The Hall–Kier alpha value is -0.280. The number of hydrogen-bond acceptors (Lipinski definition) is 2. The minimum Gasteiger partial charge on any atom is -0.359 e. The Kier molecular flexibility index (Phi) is 4.69. The first kappa shape index (κ1) is 11.8. The molecule has 1 aromatic rings. The highest BCUT2D eigenvalue weighted by Gasteiger charge is 2.16. The van der Waals surface area contributed by atoms with Crippen LogP contribution in [0.4, 0.5) is 0 Å². The van der Waals surface area contributed by atoms with E-state index < -0.39 is 0 Å². The Labute approximate surface area is 95.0 Å². The van der Waals surface area contributed by atoms with Gasteiger partial charge in [-0.25, -0.2) is 0 Å². The molecule has 0 aromatic heterocycles. The molecule has 0 amide bonds. The molecule has 1 fully saturated rings. The lowest BCUT2D eigenvalue weighted by Crippen LogP contribution is -2.31. The molecule has 1 aliphatic rings. The molecule has 1 N–H and O–H groups in total. The molecule has 0 aliphatic carbocycles. The number of rotatable bonds is 1. The fourth-order valence-electron chi connectivity index (χ4n) is 1.45. The lowest BCUT2D eigenvalue weighted by molar-refractivity contribution is -0.000246. The van der Waals surface area contributed by atoms with E-state index in [0.717, 1.165) is 30.2 Å². The van der Waals surface area contributed by atoms with Crippen molar-refractivity contribution in [3.63, 3.8) is 0 Å². The van der Waals surface area contributed by atoms with Crippen molar-refractivity contribution in [1.82, 2.24) is 5.32 Å². The normalized spacial score (nSPS) is 21.4. The lowest BCUT2D eigenvalue weighted by Gasteiger charge is -2.25. The van der Waals surface area contributed by atoms with Gasteiger partial charge in [-0.2, -0.15) is 0 Å². The summed E-state index contributed by atoms with van der Waals surface area (Å²) >= 11 is 6.04. The van der Waals surface area contributed by atoms with E-state index in [9.17, 15) is 0 Å². The molecule has 1 saturated heterocycles. The maximum atomic E-state index is 6.04. The molecule has 14 heavy (non-hydrogen) atoms. The van der Waals surface area contributed by atoms with Gasteiger partial charge in [0.1, 0.15) is 6.23 Å². The van der Waals surface area contributed by atoms with Crippen LogP contribution in [0.5, 0.6) is 0 Å². The van der Waals surface area contributed by atoms with Crippen LogP contribution in [0.15, 0.2) is 24.3 Å². The van der Waals surface area contributed by atoms with Crippen molar-refractivity contribution < 1.29 is 4.74 Å². The fraction of sp³-hybridized carbons (Fsp3) is 0.400. The van der Waals surface area contributed by atoms with Crippen molar-refractivity contribution in [3.8, 4) is 0 Å². The van der Waals surface area contributed by atoms with Gasteiger partial charge in [0.25, 0.3) is 0 Å². The molecule has 0 spiro atoms. The smallest absolute Gasteiger partial charge is 0.135 e. The zero-order valence-corrected chi connectivity index (χ0v) is 9.27. The van der Waals surface area contributed by atoms with Gasteiger partial charge in [-0.05, 0) is 12.5 Å². The first-order valence-electron chi connectivity index (χ1n) is 4.47. The van der Waals surface area contributed by atoms with Crippen LogP contribution in [0.25, 0.3) is 0 Å². The zero-order valence-electron chi connectivity index (χ0n) is 7.70. The summed E-state index contributed by atoms with van der Waals surface area (Å²) in [5.41, 5.74) is 1.03. The second-order valence-electron chi connectivity index (χ2n) is 3.08. The van der Waals surface area contributed by atoms with Crippen molar-refractivity contribution in [2.75, 3.05) is 13.2 Å². The quantitative estimate of drug-likeness (QED) is 0.806. The van der Waals surface area contributed by atoms with Crippen LogP contribution in [0, 0.1) is 0 Å². The summed E-state index contributed by atoms with van der Waals surface area (Å²) in [7, 11) is 0. The second-order valence-corrected chi connectivity index (χ2v) is 3.49. The minimum atomic E-state index is -0.0255. The molecule has 1 heterocycles. The number of benzene rings is 1. The van der Waals surface area contributed by atoms with E-state index in [2.05, 4.69) is 5.32 Å². The number of nitrogens with one attached hydrogen (secondary N) is 1. The molecule has 0 saturated carbocycles. The third kappa shape index (κ3) is 2.61. The maximum Gasteiger partial charge on any atom is 0.135 e. The van der Waals surface area contributed by atoms with Gasteiger partial charge < -0.3 is 4.74 Å². The summed E-state index contributed by atoms with van der Waals surface area (Å²) in [4.78, 5) is 0. The van der Waals surface area contributed by atoms with E-state index >= 15 is 0 Å². The monoisotopic (exact) mass is 233 g/mol. The van der Waals surface area contributed by atoms with Gasteiger partial charge in [0, 0.05) is 17.1 Å². The molecular weight excluding hydrogens is 221 g/mol.